The van der Waals surface area contributed by atoms with Crippen molar-refractivity contribution in [2.24, 2.45) is 7.05 Å². The Morgan fingerprint density at radius 1 is 1.07 bits per heavy atom. The summed E-state index contributed by atoms with van der Waals surface area (Å²) in [6.45, 7) is 0. The number of nitrogens with zero attached hydrogens (tertiary/aromatic N) is 4. The molecule has 0 unspecified atom stereocenters. The van der Waals surface area contributed by atoms with Gasteiger partial charge in [0.05, 0.1) is 12.7 Å². The van der Waals surface area contributed by atoms with E-state index in [1.54, 1.807) is 23.9 Å². The summed E-state index contributed by atoms with van der Waals surface area (Å²) in [4.78, 5) is 13.6. The van der Waals surface area contributed by atoms with Crippen LogP contribution >= 0.6 is 11.8 Å². The highest BCUT2D eigenvalue weighted by atomic mass is 32.2. The van der Waals surface area contributed by atoms with Gasteiger partial charge in [-0.1, -0.05) is 23.9 Å². The van der Waals surface area contributed by atoms with Crippen molar-refractivity contribution in [2.75, 3.05) is 26.1 Å². The molecular formula is C20H22N4O2S. The van der Waals surface area contributed by atoms with Crippen molar-refractivity contribution < 1.29 is 9.53 Å². The van der Waals surface area contributed by atoms with E-state index in [0.29, 0.717) is 5.56 Å². The second-order valence-corrected chi connectivity index (χ2v) is 7.23. The fraction of sp³-hybridized carbons (Fsp3) is 0.250. The van der Waals surface area contributed by atoms with Gasteiger partial charge in [-0.25, -0.2) is 4.79 Å². The number of thioether (sulfide) groups is 1. The number of hydrogen-bond donors (Lipinski definition) is 0. The van der Waals surface area contributed by atoms with Gasteiger partial charge < -0.3 is 14.2 Å². The van der Waals surface area contributed by atoms with Crippen molar-refractivity contribution in [1.29, 1.82) is 0 Å². The average molecular weight is 382 g/mol. The number of aromatic nitrogens is 3. The van der Waals surface area contributed by atoms with E-state index < -0.39 is 0 Å². The second kappa shape index (κ2) is 8.26. The Kier molecular flexibility index (Phi) is 5.81. The lowest BCUT2D eigenvalue weighted by Gasteiger charge is -2.12. The maximum Gasteiger partial charge on any atom is 0.337 e. The molecule has 0 saturated heterocycles. The molecule has 0 N–H and O–H groups in total. The zero-order valence-electron chi connectivity index (χ0n) is 15.8. The number of hydrogen-bond acceptors (Lipinski definition) is 6. The monoisotopic (exact) mass is 382 g/mol. The molecule has 7 heteroatoms. The molecule has 0 bridgehead atoms. The predicted molar refractivity (Wildman–Crippen MR) is 108 cm³/mol. The van der Waals surface area contributed by atoms with Crippen LogP contribution in [0.3, 0.4) is 0 Å². The summed E-state index contributed by atoms with van der Waals surface area (Å²) in [7, 11) is 7.39. The smallest absolute Gasteiger partial charge is 0.337 e. The number of methoxy groups -OCH3 is 1. The third kappa shape index (κ3) is 4.31. The molecular weight excluding hydrogens is 360 g/mol. The van der Waals surface area contributed by atoms with Gasteiger partial charge in [-0.3, -0.25) is 0 Å². The van der Waals surface area contributed by atoms with Gasteiger partial charge in [0.25, 0.3) is 0 Å². The normalized spacial score (nSPS) is 10.7. The molecule has 0 atom stereocenters. The maximum absolute atomic E-state index is 11.5. The van der Waals surface area contributed by atoms with Crippen LogP contribution in [0.2, 0.25) is 0 Å². The molecule has 0 saturated carbocycles. The summed E-state index contributed by atoms with van der Waals surface area (Å²) in [6.07, 6.45) is 0. The van der Waals surface area contributed by atoms with Gasteiger partial charge in [0.1, 0.15) is 0 Å². The van der Waals surface area contributed by atoms with Gasteiger partial charge in [-0.2, -0.15) is 0 Å². The highest BCUT2D eigenvalue weighted by molar-refractivity contribution is 7.98. The quantitative estimate of drug-likeness (QED) is 0.479. The van der Waals surface area contributed by atoms with Crippen LogP contribution < -0.4 is 4.90 Å². The van der Waals surface area contributed by atoms with E-state index in [0.717, 1.165) is 33.5 Å². The number of benzene rings is 2. The maximum atomic E-state index is 11.5. The number of anilines is 1. The van der Waals surface area contributed by atoms with Crippen LogP contribution in [-0.2, 0) is 17.5 Å². The number of esters is 1. The van der Waals surface area contributed by atoms with Crippen molar-refractivity contribution >= 4 is 23.4 Å². The van der Waals surface area contributed by atoms with Crippen LogP contribution in [0, 0.1) is 0 Å². The summed E-state index contributed by atoms with van der Waals surface area (Å²) in [5.41, 5.74) is 3.83. The molecule has 3 rings (SSSR count). The standard InChI is InChI=1S/C20H22N4O2S/c1-23(2)17-11-9-15(10-12-17)18-21-22-20(24(18)3)27-13-14-5-7-16(8-6-14)19(25)26-4/h5-12H,13H2,1-4H3. The Morgan fingerprint density at radius 3 is 2.33 bits per heavy atom. The highest BCUT2D eigenvalue weighted by Crippen LogP contribution is 2.26. The summed E-state index contributed by atoms with van der Waals surface area (Å²) >= 11 is 1.61. The molecule has 0 aliphatic heterocycles. The topological polar surface area (TPSA) is 60.2 Å². The first kappa shape index (κ1) is 19.0. The summed E-state index contributed by atoms with van der Waals surface area (Å²) in [6, 6.07) is 15.7. The van der Waals surface area contributed by atoms with Crippen molar-refractivity contribution in [2.45, 2.75) is 10.9 Å². The van der Waals surface area contributed by atoms with Crippen LogP contribution in [0.15, 0.2) is 53.7 Å². The lowest BCUT2D eigenvalue weighted by atomic mass is 10.1. The van der Waals surface area contributed by atoms with Crippen LogP contribution in [-0.4, -0.2) is 41.9 Å². The van der Waals surface area contributed by atoms with Gasteiger partial charge in [0, 0.05) is 38.1 Å². The molecule has 0 aliphatic carbocycles. The Hall–Kier alpha value is -2.80. The zero-order chi connectivity index (χ0) is 19.4. The van der Waals surface area contributed by atoms with E-state index in [9.17, 15) is 4.79 Å². The first-order valence-electron chi connectivity index (χ1n) is 8.47. The van der Waals surface area contributed by atoms with E-state index in [-0.39, 0.29) is 5.97 Å². The Labute approximate surface area is 163 Å². The zero-order valence-corrected chi connectivity index (χ0v) is 16.7. The molecule has 0 radical (unpaired) electrons. The van der Waals surface area contributed by atoms with Crippen molar-refractivity contribution in [1.82, 2.24) is 14.8 Å². The van der Waals surface area contributed by atoms with Crippen LogP contribution in [0.5, 0.6) is 0 Å². The molecule has 1 aromatic heterocycles. The van der Waals surface area contributed by atoms with Gasteiger partial charge >= 0.3 is 5.97 Å². The molecule has 6 nitrogen and oxygen atoms in total. The van der Waals surface area contributed by atoms with Crippen LogP contribution in [0.4, 0.5) is 5.69 Å². The fourth-order valence-corrected chi connectivity index (χ4v) is 3.47. The number of ether oxygens (including phenoxy) is 1. The molecule has 27 heavy (non-hydrogen) atoms. The Bertz CT molecular complexity index is 918. The lowest BCUT2D eigenvalue weighted by molar-refractivity contribution is 0.0600. The summed E-state index contributed by atoms with van der Waals surface area (Å²) in [5, 5.41) is 9.50. The minimum Gasteiger partial charge on any atom is -0.465 e. The molecule has 0 fully saturated rings. The fourth-order valence-electron chi connectivity index (χ4n) is 2.60. The molecule has 3 aromatic rings. The van der Waals surface area contributed by atoms with E-state index in [2.05, 4.69) is 39.4 Å². The Balaban J connectivity index is 1.69. The molecule has 2 aromatic carbocycles. The highest BCUT2D eigenvalue weighted by Gasteiger charge is 2.12. The van der Waals surface area contributed by atoms with Gasteiger partial charge in [-0.05, 0) is 42.0 Å². The van der Waals surface area contributed by atoms with Gasteiger partial charge in [-0.15, -0.1) is 10.2 Å². The van der Waals surface area contributed by atoms with Crippen molar-refractivity contribution in [3.63, 3.8) is 0 Å². The molecule has 1 heterocycles. The van der Waals surface area contributed by atoms with Crippen LogP contribution in [0.25, 0.3) is 11.4 Å². The van der Waals surface area contributed by atoms with E-state index in [1.165, 1.54) is 7.11 Å². The first-order chi connectivity index (χ1) is 13.0. The second-order valence-electron chi connectivity index (χ2n) is 6.28. The molecule has 140 valence electrons. The van der Waals surface area contributed by atoms with E-state index in [1.807, 2.05) is 37.8 Å². The molecule has 0 aliphatic rings. The van der Waals surface area contributed by atoms with E-state index in [4.69, 9.17) is 4.74 Å². The number of carbonyl (C=O) groups excluding carboxylic acids is 1. The minimum absolute atomic E-state index is 0.326. The first-order valence-corrected chi connectivity index (χ1v) is 9.45. The van der Waals surface area contributed by atoms with Crippen LogP contribution in [0.1, 0.15) is 15.9 Å². The lowest BCUT2D eigenvalue weighted by Crippen LogP contribution is -2.08. The largest absolute Gasteiger partial charge is 0.465 e. The predicted octanol–water partition coefficient (Wildman–Crippen LogP) is 3.63. The SMILES string of the molecule is COC(=O)c1ccc(CSc2nnc(-c3ccc(N(C)C)cc3)n2C)cc1. The number of rotatable bonds is 6. The van der Waals surface area contributed by atoms with Gasteiger partial charge in [0.2, 0.25) is 0 Å². The van der Waals surface area contributed by atoms with Crippen molar-refractivity contribution in [3.8, 4) is 11.4 Å². The third-order valence-electron chi connectivity index (χ3n) is 4.22. The summed E-state index contributed by atoms with van der Waals surface area (Å²) < 4.78 is 6.72. The molecule has 0 amide bonds. The molecule has 0 spiro atoms. The van der Waals surface area contributed by atoms with E-state index >= 15 is 0 Å². The average Bonchev–Trinajstić information content (AvgIpc) is 3.06. The Morgan fingerprint density at radius 2 is 1.74 bits per heavy atom. The van der Waals surface area contributed by atoms with Crippen molar-refractivity contribution in [3.05, 3.63) is 59.7 Å². The minimum atomic E-state index is -0.326. The number of carbonyl (C=O) groups is 1. The third-order valence-corrected chi connectivity index (χ3v) is 5.31. The summed E-state index contributed by atoms with van der Waals surface area (Å²) in [5.74, 6) is 1.25. The van der Waals surface area contributed by atoms with Gasteiger partial charge in [0.15, 0.2) is 11.0 Å².